The third kappa shape index (κ3) is 7.05. The lowest BCUT2D eigenvalue weighted by atomic mass is 10.1. The summed E-state index contributed by atoms with van der Waals surface area (Å²) in [6.45, 7) is -0.271. The van der Waals surface area contributed by atoms with Crippen molar-refractivity contribution in [2.75, 3.05) is 17.2 Å². The van der Waals surface area contributed by atoms with Gasteiger partial charge in [0.15, 0.2) is 0 Å². The Morgan fingerprint density at radius 2 is 1.82 bits per heavy atom. The number of rotatable bonds is 9. The first kappa shape index (κ1) is 23.2. The molecule has 0 bridgehead atoms. The van der Waals surface area contributed by atoms with Crippen LogP contribution in [0.2, 0.25) is 0 Å². The van der Waals surface area contributed by atoms with Crippen LogP contribution in [0.1, 0.15) is 5.56 Å². The number of hydrogen-bond acceptors (Lipinski definition) is 8. The lowest BCUT2D eigenvalue weighted by molar-refractivity contribution is -0.384. The average Bonchev–Trinajstić information content (AvgIpc) is 2.75. The van der Waals surface area contributed by atoms with Gasteiger partial charge in [0.1, 0.15) is 18.1 Å². The van der Waals surface area contributed by atoms with Gasteiger partial charge < -0.3 is 20.5 Å². The molecule has 1 aromatic heterocycles. The van der Waals surface area contributed by atoms with Gasteiger partial charge in [0.25, 0.3) is 5.69 Å². The smallest absolute Gasteiger partial charge is 0.480 e. The van der Waals surface area contributed by atoms with Crippen molar-refractivity contribution in [3.05, 3.63) is 70.3 Å². The minimum atomic E-state index is -4.87. The fraction of sp³-hybridized carbons (Fsp3) is 0.150. The van der Waals surface area contributed by atoms with E-state index < -0.39 is 29.5 Å². The van der Waals surface area contributed by atoms with E-state index in [9.17, 15) is 28.1 Å². The molecule has 1 heterocycles. The summed E-state index contributed by atoms with van der Waals surface area (Å²) in [7, 11) is 0. The van der Waals surface area contributed by atoms with Gasteiger partial charge in [-0.2, -0.15) is 4.98 Å². The molecule has 0 saturated carbocycles. The molecule has 0 aliphatic rings. The van der Waals surface area contributed by atoms with Crippen LogP contribution in [0.25, 0.3) is 11.3 Å². The Morgan fingerprint density at radius 1 is 1.09 bits per heavy atom. The summed E-state index contributed by atoms with van der Waals surface area (Å²) in [6.07, 6.45) is -4.87. The Balaban J connectivity index is 1.86. The van der Waals surface area contributed by atoms with Crippen molar-refractivity contribution in [2.24, 2.45) is 0 Å². The number of aromatic nitrogens is 2. The first-order valence-corrected chi connectivity index (χ1v) is 9.27. The van der Waals surface area contributed by atoms with E-state index in [1.54, 1.807) is 12.1 Å². The van der Waals surface area contributed by atoms with Crippen molar-refractivity contribution in [1.29, 1.82) is 0 Å². The Kier molecular flexibility index (Phi) is 6.91. The van der Waals surface area contributed by atoms with Crippen molar-refractivity contribution >= 4 is 23.4 Å². The molecule has 0 spiro atoms. The molecule has 3 N–H and O–H groups in total. The molecule has 0 saturated heterocycles. The number of aliphatic carboxylic acids is 1. The summed E-state index contributed by atoms with van der Waals surface area (Å²) in [5, 5.41) is 25.1. The number of nitro groups is 1. The van der Waals surface area contributed by atoms with E-state index in [0.29, 0.717) is 5.56 Å². The molecule has 0 aliphatic heterocycles. The van der Waals surface area contributed by atoms with Crippen LogP contribution in [0, 0.1) is 10.1 Å². The maximum atomic E-state index is 12.5. The van der Waals surface area contributed by atoms with Crippen molar-refractivity contribution in [3.63, 3.8) is 0 Å². The number of halogens is 3. The Hall–Kier alpha value is -4.42. The molecule has 13 heteroatoms. The number of alkyl halides is 3. The molecule has 0 amide bonds. The zero-order valence-corrected chi connectivity index (χ0v) is 16.7. The average molecular weight is 463 g/mol. The zero-order valence-electron chi connectivity index (χ0n) is 16.7. The van der Waals surface area contributed by atoms with Gasteiger partial charge in [-0.15, -0.1) is 13.2 Å². The lowest BCUT2D eigenvalue weighted by Crippen LogP contribution is -2.17. The number of nitrogens with one attached hydrogen (secondary N) is 2. The summed E-state index contributed by atoms with van der Waals surface area (Å²) in [5.74, 6) is -1.43. The van der Waals surface area contributed by atoms with Gasteiger partial charge in [-0.3, -0.25) is 14.9 Å². The SMILES string of the molecule is O=C(O)CNc1nc(NCc2ccc([N+](=O)[O-])cc2)cc(-c2cccc(OC(F)(F)F)c2)n1. The molecular formula is C20H16F3N5O5. The van der Waals surface area contributed by atoms with Crippen LogP contribution in [0.5, 0.6) is 5.75 Å². The van der Waals surface area contributed by atoms with Crippen LogP contribution in [-0.4, -0.2) is 38.9 Å². The largest absolute Gasteiger partial charge is 0.573 e. The Bertz CT molecular complexity index is 1160. The normalized spacial score (nSPS) is 11.0. The van der Waals surface area contributed by atoms with E-state index in [4.69, 9.17) is 5.11 Å². The molecule has 0 aliphatic carbocycles. The van der Waals surface area contributed by atoms with E-state index in [0.717, 1.165) is 12.1 Å². The van der Waals surface area contributed by atoms with Gasteiger partial charge in [0.2, 0.25) is 5.95 Å². The number of nitrogens with zero attached hydrogens (tertiary/aromatic N) is 3. The minimum absolute atomic E-state index is 0.0656. The fourth-order valence-corrected chi connectivity index (χ4v) is 2.70. The molecule has 0 fully saturated rings. The number of hydrogen-bond donors (Lipinski definition) is 3. The van der Waals surface area contributed by atoms with Gasteiger partial charge in [0.05, 0.1) is 10.6 Å². The van der Waals surface area contributed by atoms with Gasteiger partial charge in [-0.1, -0.05) is 24.3 Å². The van der Waals surface area contributed by atoms with Crippen molar-refractivity contribution in [2.45, 2.75) is 12.9 Å². The predicted octanol–water partition coefficient (Wildman–Crippen LogP) is 4.06. The Morgan fingerprint density at radius 3 is 2.45 bits per heavy atom. The second-order valence-corrected chi connectivity index (χ2v) is 6.56. The van der Waals surface area contributed by atoms with E-state index in [-0.39, 0.29) is 35.3 Å². The second-order valence-electron chi connectivity index (χ2n) is 6.56. The summed E-state index contributed by atoms with van der Waals surface area (Å²) >= 11 is 0. The molecule has 2 aromatic carbocycles. The van der Waals surface area contributed by atoms with Crippen LogP contribution >= 0.6 is 0 Å². The number of carboxylic acids is 1. The zero-order chi connectivity index (χ0) is 24.0. The lowest BCUT2D eigenvalue weighted by Gasteiger charge is -2.12. The second kappa shape index (κ2) is 9.80. The molecule has 0 unspecified atom stereocenters. The number of ether oxygens (including phenoxy) is 1. The van der Waals surface area contributed by atoms with Crippen LogP contribution in [0.4, 0.5) is 30.6 Å². The highest BCUT2D eigenvalue weighted by Crippen LogP contribution is 2.28. The number of carboxylic acid groups (broad SMARTS) is 1. The number of anilines is 2. The van der Waals surface area contributed by atoms with E-state index in [1.165, 1.54) is 30.3 Å². The van der Waals surface area contributed by atoms with Crippen LogP contribution in [0.3, 0.4) is 0 Å². The van der Waals surface area contributed by atoms with Gasteiger partial charge in [0, 0.05) is 30.3 Å². The third-order valence-corrected chi connectivity index (χ3v) is 4.11. The number of carbonyl (C=O) groups is 1. The number of nitro benzene ring substituents is 1. The van der Waals surface area contributed by atoms with Crippen molar-refractivity contribution in [3.8, 4) is 17.0 Å². The van der Waals surface area contributed by atoms with Crippen molar-refractivity contribution < 1.29 is 32.7 Å². The topological polar surface area (TPSA) is 140 Å². The summed E-state index contributed by atoms with van der Waals surface area (Å²) in [6, 6.07) is 12.4. The summed E-state index contributed by atoms with van der Waals surface area (Å²) < 4.78 is 41.6. The highest BCUT2D eigenvalue weighted by Gasteiger charge is 2.31. The Labute approximate surface area is 184 Å². The fourth-order valence-electron chi connectivity index (χ4n) is 2.70. The molecule has 3 rings (SSSR count). The highest BCUT2D eigenvalue weighted by atomic mass is 19.4. The van der Waals surface area contributed by atoms with Crippen molar-refractivity contribution in [1.82, 2.24) is 9.97 Å². The third-order valence-electron chi connectivity index (χ3n) is 4.11. The van der Waals surface area contributed by atoms with Crippen LogP contribution < -0.4 is 15.4 Å². The highest BCUT2D eigenvalue weighted by molar-refractivity contribution is 5.72. The molecule has 0 radical (unpaired) electrons. The summed E-state index contributed by atoms with van der Waals surface area (Å²) in [5.41, 5.74) is 1.11. The van der Waals surface area contributed by atoms with Crippen LogP contribution in [-0.2, 0) is 11.3 Å². The minimum Gasteiger partial charge on any atom is -0.480 e. The molecule has 33 heavy (non-hydrogen) atoms. The monoisotopic (exact) mass is 463 g/mol. The molecule has 172 valence electrons. The van der Waals surface area contributed by atoms with Gasteiger partial charge >= 0.3 is 12.3 Å². The molecule has 3 aromatic rings. The van der Waals surface area contributed by atoms with Gasteiger partial charge in [-0.05, 0) is 17.7 Å². The molecule has 10 nitrogen and oxygen atoms in total. The molecular weight excluding hydrogens is 447 g/mol. The quantitative estimate of drug-likeness (QED) is 0.317. The first-order chi connectivity index (χ1) is 15.6. The van der Waals surface area contributed by atoms with E-state index in [2.05, 4.69) is 25.3 Å². The van der Waals surface area contributed by atoms with Gasteiger partial charge in [-0.25, -0.2) is 4.98 Å². The summed E-state index contributed by atoms with van der Waals surface area (Å²) in [4.78, 5) is 29.4. The standard InChI is InChI=1S/C20H16F3N5O5/c21-20(22,23)33-15-3-1-2-13(8-15)16-9-17(27-19(26-16)25-11-18(29)30)24-10-12-4-6-14(7-5-12)28(31)32/h1-9H,10-11H2,(H,29,30)(H2,24,25,26,27). The van der Waals surface area contributed by atoms with E-state index >= 15 is 0 Å². The number of non-ortho nitro benzene ring substituents is 1. The van der Waals surface area contributed by atoms with E-state index in [1.807, 2.05) is 0 Å². The number of benzene rings is 2. The first-order valence-electron chi connectivity index (χ1n) is 9.27. The maximum absolute atomic E-state index is 12.5. The maximum Gasteiger partial charge on any atom is 0.573 e. The molecule has 0 atom stereocenters. The van der Waals surface area contributed by atoms with Crippen LogP contribution in [0.15, 0.2) is 54.6 Å². The predicted molar refractivity (Wildman–Crippen MR) is 111 cm³/mol.